The van der Waals surface area contributed by atoms with Crippen molar-refractivity contribution in [1.29, 1.82) is 0 Å². The van der Waals surface area contributed by atoms with Crippen molar-refractivity contribution in [1.82, 2.24) is 10.9 Å². The van der Waals surface area contributed by atoms with Crippen LogP contribution in [0.1, 0.15) is 11.1 Å². The van der Waals surface area contributed by atoms with Gasteiger partial charge in [-0.05, 0) is 48.6 Å². The van der Waals surface area contributed by atoms with Crippen LogP contribution in [0.15, 0.2) is 54.6 Å². The predicted octanol–water partition coefficient (Wildman–Crippen LogP) is 3.72. The largest absolute Gasteiger partial charge is 0.484 e. The minimum Gasteiger partial charge on any atom is -0.484 e. The number of amides is 2. The van der Waals surface area contributed by atoms with E-state index in [2.05, 4.69) is 10.9 Å². The van der Waals surface area contributed by atoms with E-state index in [4.69, 9.17) is 21.1 Å². The summed E-state index contributed by atoms with van der Waals surface area (Å²) in [6, 6.07) is 16.8. The fraction of sp³-hybridized carbons (Fsp3) is 0.182. The first-order chi connectivity index (χ1) is 13.9. The van der Waals surface area contributed by atoms with Crippen LogP contribution < -0.4 is 20.3 Å². The quantitative estimate of drug-likeness (QED) is 0.605. The number of aryl methyl sites for hydroxylation is 2. The van der Waals surface area contributed by atoms with E-state index >= 15 is 0 Å². The molecule has 3 rings (SSSR count). The maximum atomic E-state index is 12.0. The Kier molecular flexibility index (Phi) is 6.57. The van der Waals surface area contributed by atoms with Crippen molar-refractivity contribution < 1.29 is 19.1 Å². The summed E-state index contributed by atoms with van der Waals surface area (Å²) in [5.74, 6) is 0.157. The number of rotatable bonds is 6. The summed E-state index contributed by atoms with van der Waals surface area (Å²) in [5.41, 5.74) is 6.33. The highest BCUT2D eigenvalue weighted by Gasteiger charge is 2.09. The van der Waals surface area contributed by atoms with Gasteiger partial charge in [0.15, 0.2) is 13.2 Å². The van der Waals surface area contributed by atoms with E-state index in [1.165, 1.54) is 0 Å². The predicted molar refractivity (Wildman–Crippen MR) is 112 cm³/mol. The molecule has 150 valence electrons. The molecule has 0 fully saturated rings. The molecule has 0 unspecified atom stereocenters. The van der Waals surface area contributed by atoms with Crippen LogP contribution in [0, 0.1) is 13.8 Å². The van der Waals surface area contributed by atoms with Gasteiger partial charge in [0, 0.05) is 10.4 Å². The zero-order chi connectivity index (χ0) is 20.8. The first-order valence-electron chi connectivity index (χ1n) is 9.02. The molecule has 0 saturated heterocycles. The van der Waals surface area contributed by atoms with Crippen LogP contribution >= 0.6 is 11.6 Å². The molecule has 0 saturated carbocycles. The third-order valence-corrected chi connectivity index (χ3v) is 4.83. The van der Waals surface area contributed by atoms with Crippen LogP contribution in [0.4, 0.5) is 0 Å². The number of hydrogen-bond acceptors (Lipinski definition) is 4. The van der Waals surface area contributed by atoms with Gasteiger partial charge >= 0.3 is 0 Å². The number of carbonyl (C=O) groups excluding carboxylic acids is 2. The molecule has 6 nitrogen and oxygen atoms in total. The van der Waals surface area contributed by atoms with E-state index in [0.717, 1.165) is 21.9 Å². The number of benzene rings is 3. The Bertz CT molecular complexity index is 1020. The number of halogens is 1. The molecule has 0 aromatic heterocycles. The van der Waals surface area contributed by atoms with Crippen molar-refractivity contribution in [3.63, 3.8) is 0 Å². The Morgan fingerprint density at radius 3 is 2.14 bits per heavy atom. The Balaban J connectivity index is 1.45. The van der Waals surface area contributed by atoms with E-state index in [9.17, 15) is 9.59 Å². The molecule has 3 aromatic rings. The average Bonchev–Trinajstić information content (AvgIpc) is 2.72. The summed E-state index contributed by atoms with van der Waals surface area (Å²) in [6.45, 7) is 3.24. The maximum absolute atomic E-state index is 12.0. The monoisotopic (exact) mass is 412 g/mol. The average molecular weight is 413 g/mol. The van der Waals surface area contributed by atoms with E-state index in [0.29, 0.717) is 16.5 Å². The molecule has 2 amide bonds. The molecule has 2 N–H and O–H groups in total. The van der Waals surface area contributed by atoms with Crippen LogP contribution in [-0.2, 0) is 9.59 Å². The fourth-order valence-corrected chi connectivity index (χ4v) is 2.92. The number of hydrazine groups is 1. The van der Waals surface area contributed by atoms with Crippen molar-refractivity contribution in [2.75, 3.05) is 13.2 Å². The number of fused-ring (bicyclic) bond motifs is 1. The minimum absolute atomic E-state index is 0.231. The number of hydrogen-bond donors (Lipinski definition) is 2. The Morgan fingerprint density at radius 1 is 0.862 bits per heavy atom. The Morgan fingerprint density at radius 2 is 1.45 bits per heavy atom. The molecule has 0 aliphatic rings. The lowest BCUT2D eigenvalue weighted by atomic mass is 10.1. The number of carbonyl (C=O) groups is 2. The van der Waals surface area contributed by atoms with Crippen molar-refractivity contribution in [2.45, 2.75) is 13.8 Å². The van der Waals surface area contributed by atoms with Crippen LogP contribution in [0.5, 0.6) is 11.5 Å². The highest BCUT2D eigenvalue weighted by atomic mass is 35.5. The third-order valence-electron chi connectivity index (χ3n) is 4.23. The summed E-state index contributed by atoms with van der Waals surface area (Å²) in [4.78, 5) is 23.8. The van der Waals surface area contributed by atoms with Gasteiger partial charge in [-0.15, -0.1) is 0 Å². The molecule has 0 bridgehead atoms. The second-order valence-corrected chi connectivity index (χ2v) is 6.90. The molecule has 7 heteroatoms. The zero-order valence-electron chi connectivity index (χ0n) is 16.1. The fourth-order valence-electron chi connectivity index (χ4n) is 2.81. The second kappa shape index (κ2) is 9.30. The van der Waals surface area contributed by atoms with Crippen molar-refractivity contribution in [2.24, 2.45) is 0 Å². The van der Waals surface area contributed by atoms with Crippen LogP contribution in [-0.4, -0.2) is 25.0 Å². The van der Waals surface area contributed by atoms with Crippen LogP contribution in [0.3, 0.4) is 0 Å². The van der Waals surface area contributed by atoms with Gasteiger partial charge in [-0.2, -0.15) is 0 Å². The van der Waals surface area contributed by atoms with E-state index in [-0.39, 0.29) is 13.2 Å². The topological polar surface area (TPSA) is 76.7 Å². The molecule has 0 aliphatic carbocycles. The van der Waals surface area contributed by atoms with Crippen LogP contribution in [0.2, 0.25) is 5.02 Å². The van der Waals surface area contributed by atoms with E-state index in [1.807, 2.05) is 50.2 Å². The molecule has 0 atom stereocenters. The van der Waals surface area contributed by atoms with Gasteiger partial charge in [-0.25, -0.2) is 0 Å². The van der Waals surface area contributed by atoms with Gasteiger partial charge in [-0.1, -0.05) is 48.0 Å². The first-order valence-corrected chi connectivity index (χ1v) is 9.39. The zero-order valence-corrected chi connectivity index (χ0v) is 16.9. The molecule has 29 heavy (non-hydrogen) atoms. The lowest BCUT2D eigenvalue weighted by Crippen LogP contribution is -2.45. The Hall–Kier alpha value is -3.25. The standard InChI is InChI=1S/C22H21ClN2O4/c1-14-10-17(11-15(2)22(14)23)28-12-20(26)24-25-21(27)13-29-19-9-5-7-16-6-3-4-8-18(16)19/h3-11H,12-13H2,1-2H3,(H,24,26)(H,25,27). The highest BCUT2D eigenvalue weighted by molar-refractivity contribution is 6.32. The SMILES string of the molecule is Cc1cc(OCC(=O)NNC(=O)COc2cccc3ccccc23)cc(C)c1Cl. The summed E-state index contributed by atoms with van der Waals surface area (Å²) >= 11 is 6.11. The van der Waals surface area contributed by atoms with Gasteiger partial charge < -0.3 is 9.47 Å². The van der Waals surface area contributed by atoms with Gasteiger partial charge in [0.25, 0.3) is 11.8 Å². The molecule has 0 spiro atoms. The second-order valence-electron chi connectivity index (χ2n) is 6.52. The van der Waals surface area contributed by atoms with Gasteiger partial charge in [-0.3, -0.25) is 20.4 Å². The molecule has 0 heterocycles. The van der Waals surface area contributed by atoms with Crippen molar-refractivity contribution >= 4 is 34.2 Å². The minimum atomic E-state index is -0.492. The normalized spacial score (nSPS) is 10.4. The van der Waals surface area contributed by atoms with Gasteiger partial charge in [0.1, 0.15) is 11.5 Å². The van der Waals surface area contributed by atoms with E-state index in [1.54, 1.807) is 18.2 Å². The molecule has 0 radical (unpaired) electrons. The Labute approximate surface area is 173 Å². The van der Waals surface area contributed by atoms with Gasteiger partial charge in [0.05, 0.1) is 0 Å². The summed E-state index contributed by atoms with van der Waals surface area (Å²) in [7, 11) is 0. The summed E-state index contributed by atoms with van der Waals surface area (Å²) in [5, 5.41) is 2.59. The highest BCUT2D eigenvalue weighted by Crippen LogP contribution is 2.26. The molecule has 3 aromatic carbocycles. The molecular weight excluding hydrogens is 392 g/mol. The smallest absolute Gasteiger partial charge is 0.276 e. The van der Waals surface area contributed by atoms with Crippen molar-refractivity contribution in [3.05, 3.63) is 70.7 Å². The number of nitrogens with one attached hydrogen (secondary N) is 2. The van der Waals surface area contributed by atoms with Crippen molar-refractivity contribution in [3.8, 4) is 11.5 Å². The van der Waals surface area contributed by atoms with E-state index < -0.39 is 11.8 Å². The molecular formula is C22H21ClN2O4. The summed E-state index contributed by atoms with van der Waals surface area (Å²) < 4.78 is 11.0. The third kappa shape index (κ3) is 5.39. The van der Waals surface area contributed by atoms with Gasteiger partial charge in [0.2, 0.25) is 0 Å². The lowest BCUT2D eigenvalue weighted by molar-refractivity contribution is -0.130. The maximum Gasteiger partial charge on any atom is 0.276 e. The lowest BCUT2D eigenvalue weighted by Gasteiger charge is -2.12. The van der Waals surface area contributed by atoms with Crippen LogP contribution in [0.25, 0.3) is 10.8 Å². The first kappa shape index (κ1) is 20.5. The summed E-state index contributed by atoms with van der Waals surface area (Å²) in [6.07, 6.45) is 0. The number of ether oxygens (including phenoxy) is 2. The molecule has 0 aliphatic heterocycles.